The zero-order valence-electron chi connectivity index (χ0n) is 16.7. The van der Waals surface area contributed by atoms with Crippen molar-refractivity contribution in [3.8, 4) is 5.75 Å². The van der Waals surface area contributed by atoms with Gasteiger partial charge in [-0.25, -0.2) is 0 Å². The summed E-state index contributed by atoms with van der Waals surface area (Å²) >= 11 is 0. The van der Waals surface area contributed by atoms with Crippen LogP contribution in [0.25, 0.3) is 0 Å². The Balaban J connectivity index is 1.67. The summed E-state index contributed by atoms with van der Waals surface area (Å²) in [6.45, 7) is 10.5. The first-order valence-corrected chi connectivity index (χ1v) is 10.0. The normalized spacial score (nSPS) is 22.3. The molecule has 0 aromatic heterocycles. The van der Waals surface area contributed by atoms with Crippen molar-refractivity contribution in [1.29, 1.82) is 0 Å². The molecule has 1 atom stereocenters. The van der Waals surface area contributed by atoms with Crippen LogP contribution in [0.1, 0.15) is 58.9 Å². The van der Waals surface area contributed by atoms with Crippen molar-refractivity contribution in [3.63, 3.8) is 0 Å². The lowest BCUT2D eigenvalue weighted by atomic mass is 9.87. The molecule has 1 saturated heterocycles. The van der Waals surface area contributed by atoms with Crippen LogP contribution in [0, 0.1) is 11.8 Å². The van der Waals surface area contributed by atoms with Gasteiger partial charge in [0.15, 0.2) is 0 Å². The first-order chi connectivity index (χ1) is 12.3. The molecule has 1 aliphatic carbocycles. The fourth-order valence-electron chi connectivity index (χ4n) is 3.64. The minimum atomic E-state index is -0.196. The smallest absolute Gasteiger partial charge is 0.226 e. The average molecular weight is 360 g/mol. The fourth-order valence-corrected chi connectivity index (χ4v) is 3.64. The van der Waals surface area contributed by atoms with Crippen LogP contribution in [-0.2, 0) is 16.1 Å². The summed E-state index contributed by atoms with van der Waals surface area (Å²) in [5.74, 6) is 1.78. The number of carbonyl (C=O) groups is 1. The Kier molecular flexibility index (Phi) is 5.91. The summed E-state index contributed by atoms with van der Waals surface area (Å²) in [6, 6.07) is 8.61. The molecule has 3 rings (SSSR count). The molecule has 1 saturated carbocycles. The van der Waals surface area contributed by atoms with E-state index in [0.29, 0.717) is 37.6 Å². The van der Waals surface area contributed by atoms with Crippen molar-refractivity contribution in [2.45, 2.75) is 71.6 Å². The van der Waals surface area contributed by atoms with E-state index in [1.165, 1.54) is 0 Å². The number of benzene rings is 1. The summed E-state index contributed by atoms with van der Waals surface area (Å²) in [5, 5.41) is 0. The second-order valence-corrected chi connectivity index (χ2v) is 8.85. The predicted molar refractivity (Wildman–Crippen MR) is 103 cm³/mol. The Hall–Kier alpha value is -1.55. The van der Waals surface area contributed by atoms with Gasteiger partial charge in [0.05, 0.1) is 12.2 Å². The van der Waals surface area contributed by atoms with Gasteiger partial charge in [-0.05, 0) is 63.1 Å². The molecule has 26 heavy (non-hydrogen) atoms. The van der Waals surface area contributed by atoms with Crippen molar-refractivity contribution in [2.75, 3.05) is 13.2 Å². The quantitative estimate of drug-likeness (QED) is 0.723. The number of hydrogen-bond acceptors (Lipinski definition) is 3. The van der Waals surface area contributed by atoms with Crippen LogP contribution >= 0.6 is 0 Å². The molecule has 2 fully saturated rings. The largest absolute Gasteiger partial charge is 0.493 e. The molecule has 0 N–H and O–H groups in total. The lowest BCUT2D eigenvalue weighted by Crippen LogP contribution is -2.44. The van der Waals surface area contributed by atoms with Gasteiger partial charge in [0, 0.05) is 25.1 Å². The average Bonchev–Trinajstić information content (AvgIpc) is 3.41. The molecule has 4 nitrogen and oxygen atoms in total. The lowest BCUT2D eigenvalue weighted by molar-refractivity contribution is -0.146. The highest BCUT2D eigenvalue weighted by atomic mass is 16.5. The van der Waals surface area contributed by atoms with Crippen molar-refractivity contribution in [3.05, 3.63) is 29.8 Å². The minimum absolute atomic E-state index is 0.0831. The van der Waals surface area contributed by atoms with Crippen LogP contribution < -0.4 is 4.74 Å². The lowest BCUT2D eigenvalue weighted by Gasteiger charge is -2.37. The van der Waals surface area contributed by atoms with Crippen LogP contribution in [0.5, 0.6) is 5.75 Å². The summed E-state index contributed by atoms with van der Waals surface area (Å²) in [4.78, 5) is 15.3. The molecular weight excluding hydrogens is 326 g/mol. The van der Waals surface area contributed by atoms with Crippen molar-refractivity contribution in [1.82, 2.24) is 4.90 Å². The summed E-state index contributed by atoms with van der Waals surface area (Å²) in [5.41, 5.74) is 0.955. The van der Waals surface area contributed by atoms with Gasteiger partial charge in [-0.2, -0.15) is 0 Å². The van der Waals surface area contributed by atoms with E-state index in [9.17, 15) is 4.79 Å². The van der Waals surface area contributed by atoms with E-state index in [1.807, 2.05) is 12.1 Å². The highest BCUT2D eigenvalue weighted by Gasteiger charge is 2.39. The molecule has 0 spiro atoms. The molecule has 1 amide bonds. The number of carbonyl (C=O) groups excluding carboxylic acids is 1. The Morgan fingerprint density at radius 1 is 1.31 bits per heavy atom. The van der Waals surface area contributed by atoms with E-state index < -0.39 is 0 Å². The standard InChI is InChI=1S/C22H33NO3/c1-16(2)15-25-20-7-5-6-17(12-20)14-23(19-8-9-19)21(24)18-10-11-26-22(3,4)13-18/h5-7,12,16,18-19H,8-11,13-15H2,1-4H3. The second-order valence-electron chi connectivity index (χ2n) is 8.85. The van der Waals surface area contributed by atoms with Crippen LogP contribution in [0.4, 0.5) is 0 Å². The Morgan fingerprint density at radius 2 is 2.08 bits per heavy atom. The predicted octanol–water partition coefficient (Wildman–Crippen LogP) is 4.42. The molecule has 0 radical (unpaired) electrons. The zero-order chi connectivity index (χ0) is 18.7. The van der Waals surface area contributed by atoms with E-state index >= 15 is 0 Å². The molecule has 2 aliphatic rings. The number of amides is 1. The molecule has 1 aliphatic heterocycles. The minimum Gasteiger partial charge on any atom is -0.493 e. The third kappa shape index (κ3) is 5.23. The number of hydrogen-bond donors (Lipinski definition) is 0. The van der Waals surface area contributed by atoms with E-state index in [1.54, 1.807) is 0 Å². The molecule has 1 unspecified atom stereocenters. The monoisotopic (exact) mass is 359 g/mol. The van der Waals surface area contributed by atoms with E-state index in [0.717, 1.165) is 37.0 Å². The summed E-state index contributed by atoms with van der Waals surface area (Å²) < 4.78 is 11.6. The van der Waals surface area contributed by atoms with Gasteiger partial charge in [0.1, 0.15) is 5.75 Å². The van der Waals surface area contributed by atoms with E-state index in [4.69, 9.17) is 9.47 Å². The number of nitrogens with zero attached hydrogens (tertiary/aromatic N) is 1. The highest BCUT2D eigenvalue weighted by molar-refractivity contribution is 5.79. The Morgan fingerprint density at radius 3 is 2.73 bits per heavy atom. The maximum Gasteiger partial charge on any atom is 0.226 e. The molecule has 1 aromatic rings. The number of ether oxygens (including phenoxy) is 2. The topological polar surface area (TPSA) is 38.8 Å². The van der Waals surface area contributed by atoms with Crippen molar-refractivity contribution >= 4 is 5.91 Å². The van der Waals surface area contributed by atoms with Gasteiger partial charge >= 0.3 is 0 Å². The van der Waals surface area contributed by atoms with Crippen LogP contribution in [-0.4, -0.2) is 35.7 Å². The van der Waals surface area contributed by atoms with Gasteiger partial charge in [0.2, 0.25) is 5.91 Å². The zero-order valence-corrected chi connectivity index (χ0v) is 16.7. The van der Waals surface area contributed by atoms with E-state index in [2.05, 4.69) is 44.7 Å². The Bertz CT molecular complexity index is 622. The third-order valence-corrected chi connectivity index (χ3v) is 5.15. The summed E-state index contributed by atoms with van der Waals surface area (Å²) in [6.07, 6.45) is 3.90. The molecule has 1 heterocycles. The van der Waals surface area contributed by atoms with E-state index in [-0.39, 0.29) is 11.5 Å². The van der Waals surface area contributed by atoms with Crippen molar-refractivity contribution in [2.24, 2.45) is 11.8 Å². The molecule has 144 valence electrons. The van der Waals surface area contributed by atoms with Gasteiger partial charge in [-0.3, -0.25) is 4.79 Å². The van der Waals surface area contributed by atoms with Gasteiger partial charge in [-0.15, -0.1) is 0 Å². The molecular formula is C22H33NO3. The fraction of sp³-hybridized carbons (Fsp3) is 0.682. The first-order valence-electron chi connectivity index (χ1n) is 10.0. The third-order valence-electron chi connectivity index (χ3n) is 5.15. The summed E-state index contributed by atoms with van der Waals surface area (Å²) in [7, 11) is 0. The molecule has 0 bridgehead atoms. The second kappa shape index (κ2) is 7.99. The van der Waals surface area contributed by atoms with Gasteiger partial charge in [0.25, 0.3) is 0 Å². The van der Waals surface area contributed by atoms with Crippen molar-refractivity contribution < 1.29 is 14.3 Å². The first kappa shape index (κ1) is 19.2. The highest BCUT2D eigenvalue weighted by Crippen LogP contribution is 2.35. The molecule has 1 aromatic carbocycles. The SMILES string of the molecule is CC(C)COc1cccc(CN(C(=O)C2CCOC(C)(C)C2)C2CC2)c1. The van der Waals surface area contributed by atoms with Crippen LogP contribution in [0.2, 0.25) is 0 Å². The Labute approximate surface area is 157 Å². The maximum absolute atomic E-state index is 13.2. The van der Waals surface area contributed by atoms with Gasteiger partial charge in [-0.1, -0.05) is 26.0 Å². The van der Waals surface area contributed by atoms with Crippen LogP contribution in [0.15, 0.2) is 24.3 Å². The molecule has 4 heteroatoms. The number of rotatable bonds is 7. The maximum atomic E-state index is 13.2. The van der Waals surface area contributed by atoms with Crippen LogP contribution in [0.3, 0.4) is 0 Å². The van der Waals surface area contributed by atoms with Gasteiger partial charge < -0.3 is 14.4 Å².